The van der Waals surface area contributed by atoms with Crippen LogP contribution in [0.1, 0.15) is 0 Å². The lowest BCUT2D eigenvalue weighted by molar-refractivity contribution is 0.851. The van der Waals surface area contributed by atoms with Gasteiger partial charge in [-0.2, -0.15) is 11.1 Å². The van der Waals surface area contributed by atoms with Gasteiger partial charge in [-0.15, -0.1) is 0 Å². The van der Waals surface area contributed by atoms with Crippen LogP contribution in [0.25, 0.3) is 0 Å². The van der Waals surface area contributed by atoms with Gasteiger partial charge < -0.3 is 13.2 Å². The summed E-state index contributed by atoms with van der Waals surface area (Å²) in [6, 6.07) is 0. The van der Waals surface area contributed by atoms with E-state index in [0.717, 1.165) is 0 Å². The van der Waals surface area contributed by atoms with Gasteiger partial charge in [-0.1, -0.05) is 0 Å². The van der Waals surface area contributed by atoms with E-state index in [4.69, 9.17) is 11.1 Å². The third kappa shape index (κ3) is 2.58. The fourth-order valence-electron chi connectivity index (χ4n) is 2.69. The second-order valence-electron chi connectivity index (χ2n) is 5.54. The van der Waals surface area contributed by atoms with Crippen LogP contribution in [0.4, 0.5) is 0 Å². The molecular weight excluding hydrogens is 262 g/mol. The number of rotatable bonds is 1. The van der Waals surface area contributed by atoms with E-state index in [-0.39, 0.29) is 0 Å². The van der Waals surface area contributed by atoms with Crippen molar-refractivity contribution in [1.82, 2.24) is 13.2 Å². The predicted octanol–water partition coefficient (Wildman–Crippen LogP) is 0.824. The van der Waals surface area contributed by atoms with E-state index in [1.54, 1.807) is 0 Å². The van der Waals surface area contributed by atoms with Gasteiger partial charge in [0.15, 0.2) is 34.2 Å². The van der Waals surface area contributed by atoms with E-state index in [0.29, 0.717) is 0 Å². The maximum absolute atomic E-state index is 6.21. The Labute approximate surface area is 97.7 Å². The first-order valence-corrected chi connectivity index (χ1v) is 16.7. The Morgan fingerprint density at radius 1 is 0.929 bits per heavy atom. The fraction of sp³-hybridized carbons (Fsp3) is 1.00. The highest BCUT2D eigenvalue weighted by atomic mass is 35.6. The minimum absolute atomic E-state index is 0.563. The zero-order valence-corrected chi connectivity index (χ0v) is 15.2. The van der Waals surface area contributed by atoms with Crippen LogP contribution in [0.5, 0.6) is 0 Å². The Morgan fingerprint density at radius 2 is 1.29 bits per heavy atom. The molecule has 0 aromatic rings. The van der Waals surface area contributed by atoms with Crippen molar-refractivity contribution in [2.75, 3.05) is 0 Å². The molecule has 1 aliphatic heterocycles. The van der Waals surface area contributed by atoms with Crippen molar-refractivity contribution < 1.29 is 0 Å². The maximum Gasteiger partial charge on any atom is 0.187 e. The summed E-state index contributed by atoms with van der Waals surface area (Å²) in [5.41, 5.74) is 0. The Hall–Kier alpha value is 1.04. The third-order valence-corrected chi connectivity index (χ3v) is 26.5. The Balaban J connectivity index is 2.99. The molecule has 0 aromatic heterocycles. The molecule has 1 rings (SSSR count). The molecule has 0 amide bonds. The van der Waals surface area contributed by atoms with Gasteiger partial charge in [-0.05, 0) is 39.3 Å². The lowest BCUT2D eigenvalue weighted by Gasteiger charge is -2.56. The summed E-state index contributed by atoms with van der Waals surface area (Å²) in [4.78, 5) is 0. The molecular formula is C6H22ClN3Si4. The molecule has 84 valence electrons. The van der Waals surface area contributed by atoms with Crippen LogP contribution in [-0.4, -0.2) is 38.1 Å². The normalized spacial score (nSPS) is 31.1. The molecule has 1 saturated heterocycles. The van der Waals surface area contributed by atoms with Crippen LogP contribution in [0, 0.1) is 0 Å². The Bertz CT molecular complexity index is 213. The fourth-order valence-corrected chi connectivity index (χ4v) is 32.6. The van der Waals surface area contributed by atoms with Crippen LogP contribution < -0.4 is 9.30 Å². The standard InChI is InChI=1S/C6H22ClN3Si4/c1-12(2)8-13(3,4)10(11-7)14(5,6)9-12/h8-9H,11H2,1-6H3. The first-order valence-electron chi connectivity index (χ1n) is 5.03. The van der Waals surface area contributed by atoms with Crippen molar-refractivity contribution in [1.29, 1.82) is 0 Å². The van der Waals surface area contributed by atoms with E-state index in [2.05, 4.69) is 52.5 Å². The lowest BCUT2D eigenvalue weighted by Crippen LogP contribution is -2.88. The minimum Gasteiger partial charge on any atom is -0.338 e. The molecule has 2 N–H and O–H groups in total. The molecule has 0 aliphatic carbocycles. The van der Waals surface area contributed by atoms with Crippen LogP contribution >= 0.6 is 11.1 Å². The molecule has 0 unspecified atom stereocenters. The Kier molecular flexibility index (Phi) is 3.56. The van der Waals surface area contributed by atoms with Gasteiger partial charge in [0.25, 0.3) is 0 Å². The smallest absolute Gasteiger partial charge is 0.187 e. The topological polar surface area (TPSA) is 27.3 Å². The van der Waals surface area contributed by atoms with Crippen LogP contribution in [-0.2, 0) is 0 Å². The SMILES string of the molecule is C[Si]1(C)N[Si](C)(C)N([SiH2]Cl)[Si](C)(C)N1. The molecule has 8 heteroatoms. The summed E-state index contributed by atoms with van der Waals surface area (Å²) < 4.78 is 10.4. The molecule has 1 aliphatic rings. The molecule has 0 atom stereocenters. The van der Waals surface area contributed by atoms with E-state index in [1.807, 2.05) is 0 Å². The van der Waals surface area contributed by atoms with Gasteiger partial charge in [0.1, 0.15) is 0 Å². The Morgan fingerprint density at radius 3 is 1.57 bits per heavy atom. The van der Waals surface area contributed by atoms with Crippen LogP contribution in [0.15, 0.2) is 0 Å². The van der Waals surface area contributed by atoms with Gasteiger partial charge in [-0.25, -0.2) is 0 Å². The molecule has 0 radical (unpaired) electrons. The van der Waals surface area contributed by atoms with Gasteiger partial charge >= 0.3 is 0 Å². The minimum atomic E-state index is -1.42. The molecule has 0 bridgehead atoms. The highest BCUT2D eigenvalue weighted by molar-refractivity contribution is 7.13. The summed E-state index contributed by atoms with van der Waals surface area (Å²) in [5, 5.41) is 0. The second-order valence-corrected chi connectivity index (χ2v) is 21.4. The van der Waals surface area contributed by atoms with Crippen molar-refractivity contribution in [2.45, 2.75) is 39.3 Å². The highest BCUT2D eigenvalue weighted by Gasteiger charge is 2.50. The molecule has 14 heavy (non-hydrogen) atoms. The average molecular weight is 284 g/mol. The number of hydrogen-bond donors (Lipinski definition) is 2. The van der Waals surface area contributed by atoms with E-state index < -0.39 is 34.2 Å². The van der Waals surface area contributed by atoms with Crippen LogP contribution in [0.3, 0.4) is 0 Å². The average Bonchev–Trinajstić information content (AvgIpc) is 1.76. The third-order valence-electron chi connectivity index (χ3n) is 2.71. The summed E-state index contributed by atoms with van der Waals surface area (Å²) in [6.07, 6.45) is 0. The quantitative estimate of drug-likeness (QED) is 0.551. The first-order chi connectivity index (χ1) is 6.11. The monoisotopic (exact) mass is 283 g/mol. The summed E-state index contributed by atoms with van der Waals surface area (Å²) in [7, 11) is -4.77. The lowest BCUT2D eigenvalue weighted by atomic mass is 11.9. The van der Waals surface area contributed by atoms with Gasteiger partial charge in [0.2, 0.25) is 0 Å². The summed E-state index contributed by atoms with van der Waals surface area (Å²) in [5.74, 6) is 0. The van der Waals surface area contributed by atoms with E-state index >= 15 is 0 Å². The maximum atomic E-state index is 6.21. The molecule has 0 spiro atoms. The van der Waals surface area contributed by atoms with Crippen molar-refractivity contribution >= 4 is 45.3 Å². The number of nitrogens with zero attached hydrogens (tertiary/aromatic N) is 1. The summed E-state index contributed by atoms with van der Waals surface area (Å²) in [6.45, 7) is 14.3. The van der Waals surface area contributed by atoms with Crippen LogP contribution in [0.2, 0.25) is 39.3 Å². The molecule has 3 nitrogen and oxygen atoms in total. The number of halogens is 1. The summed E-state index contributed by atoms with van der Waals surface area (Å²) >= 11 is 6.21. The number of hydrogen-bond acceptors (Lipinski definition) is 3. The highest BCUT2D eigenvalue weighted by Crippen LogP contribution is 2.22. The van der Waals surface area contributed by atoms with Crippen molar-refractivity contribution in [3.8, 4) is 0 Å². The van der Waals surface area contributed by atoms with E-state index in [1.165, 1.54) is 0 Å². The molecule has 1 fully saturated rings. The van der Waals surface area contributed by atoms with Gasteiger partial charge in [0, 0.05) is 0 Å². The van der Waals surface area contributed by atoms with Crippen molar-refractivity contribution in [3.63, 3.8) is 0 Å². The van der Waals surface area contributed by atoms with Gasteiger partial charge in [0.05, 0.1) is 0 Å². The zero-order chi connectivity index (χ0) is 11.2. The first kappa shape index (κ1) is 13.1. The number of nitrogens with one attached hydrogen (secondary N) is 2. The molecule has 0 aromatic carbocycles. The van der Waals surface area contributed by atoms with Crippen molar-refractivity contribution in [2.24, 2.45) is 0 Å². The van der Waals surface area contributed by atoms with Gasteiger partial charge in [-0.3, -0.25) is 0 Å². The van der Waals surface area contributed by atoms with Crippen molar-refractivity contribution in [3.05, 3.63) is 0 Å². The van der Waals surface area contributed by atoms with E-state index in [9.17, 15) is 0 Å². The largest absolute Gasteiger partial charge is 0.338 e. The molecule has 1 heterocycles. The predicted molar refractivity (Wildman–Crippen MR) is 75.0 cm³/mol. The molecule has 0 saturated carbocycles. The zero-order valence-electron chi connectivity index (χ0n) is 10.0. The second kappa shape index (κ2) is 3.81.